The van der Waals surface area contributed by atoms with E-state index in [0.717, 1.165) is 24.3 Å². The predicted octanol–water partition coefficient (Wildman–Crippen LogP) is 0.0917. The van der Waals surface area contributed by atoms with Gasteiger partial charge in [-0.05, 0) is 55.1 Å². The maximum absolute atomic E-state index is 12.5. The molecule has 118 valence electrons. The summed E-state index contributed by atoms with van der Waals surface area (Å²) in [4.78, 5) is 13.5. The standard InChI is InChI=1S/C15H19N3O3S/c1-9(19)18-5-4-10-6-11(2-3-14(10)18)22(20,21)17-15-12-7-16-8-13(12)15/h2-3,6,12-13,15-17H,4-5,7-8H2,1H3. The number of nitrogens with zero attached hydrogens (tertiary/aromatic N) is 1. The molecule has 3 aliphatic rings. The monoisotopic (exact) mass is 321 g/mol. The molecule has 1 aliphatic carbocycles. The number of carbonyl (C=O) groups is 1. The van der Waals surface area contributed by atoms with Gasteiger partial charge in [-0.1, -0.05) is 0 Å². The SMILES string of the molecule is CC(=O)N1CCc2cc(S(=O)(=O)NC3C4CNCC43)ccc21. The van der Waals surface area contributed by atoms with Crippen molar-refractivity contribution in [3.63, 3.8) is 0 Å². The van der Waals surface area contributed by atoms with Crippen molar-refractivity contribution in [3.05, 3.63) is 23.8 Å². The summed E-state index contributed by atoms with van der Waals surface area (Å²) in [6, 6.07) is 5.12. The van der Waals surface area contributed by atoms with Crippen LogP contribution in [-0.4, -0.2) is 40.0 Å². The number of amides is 1. The largest absolute Gasteiger partial charge is 0.316 e. The van der Waals surface area contributed by atoms with Gasteiger partial charge in [-0.25, -0.2) is 13.1 Å². The number of piperidine rings is 1. The third kappa shape index (κ3) is 2.15. The van der Waals surface area contributed by atoms with Crippen molar-refractivity contribution < 1.29 is 13.2 Å². The first-order valence-electron chi connectivity index (χ1n) is 7.61. The zero-order valence-corrected chi connectivity index (χ0v) is 13.2. The number of anilines is 1. The van der Waals surface area contributed by atoms with Crippen LogP contribution in [-0.2, 0) is 21.2 Å². The Morgan fingerprint density at radius 2 is 2.05 bits per heavy atom. The normalized spacial score (nSPS) is 29.3. The van der Waals surface area contributed by atoms with Crippen LogP contribution >= 0.6 is 0 Å². The van der Waals surface area contributed by atoms with Crippen LogP contribution in [0.2, 0.25) is 0 Å². The Balaban J connectivity index is 1.57. The number of fused-ring (bicyclic) bond motifs is 2. The number of carbonyl (C=O) groups excluding carboxylic acids is 1. The first-order chi connectivity index (χ1) is 10.5. The van der Waals surface area contributed by atoms with Crippen LogP contribution in [0.25, 0.3) is 0 Å². The summed E-state index contributed by atoms with van der Waals surface area (Å²) in [5, 5.41) is 3.25. The smallest absolute Gasteiger partial charge is 0.240 e. The van der Waals surface area contributed by atoms with Gasteiger partial charge in [0.15, 0.2) is 0 Å². The van der Waals surface area contributed by atoms with Gasteiger partial charge in [0, 0.05) is 25.2 Å². The zero-order valence-electron chi connectivity index (χ0n) is 12.4. The first-order valence-corrected chi connectivity index (χ1v) is 9.10. The predicted molar refractivity (Wildman–Crippen MR) is 82.1 cm³/mol. The summed E-state index contributed by atoms with van der Waals surface area (Å²) in [5.41, 5.74) is 1.76. The van der Waals surface area contributed by atoms with E-state index in [1.165, 1.54) is 6.92 Å². The summed E-state index contributed by atoms with van der Waals surface area (Å²) < 4.78 is 27.9. The fraction of sp³-hybridized carbons (Fsp3) is 0.533. The lowest BCUT2D eigenvalue weighted by Gasteiger charge is -2.15. The molecule has 1 amide bonds. The van der Waals surface area contributed by atoms with Crippen molar-refractivity contribution in [2.75, 3.05) is 24.5 Å². The minimum atomic E-state index is -3.48. The van der Waals surface area contributed by atoms with Crippen molar-refractivity contribution in [2.45, 2.75) is 24.3 Å². The molecule has 1 aromatic rings. The molecule has 1 aromatic carbocycles. The third-order valence-electron chi connectivity index (χ3n) is 5.02. The summed E-state index contributed by atoms with van der Waals surface area (Å²) in [6.07, 6.45) is 0.705. The summed E-state index contributed by atoms with van der Waals surface area (Å²) in [7, 11) is -3.48. The van der Waals surface area contributed by atoms with Crippen LogP contribution in [0.4, 0.5) is 5.69 Å². The molecule has 1 saturated carbocycles. The number of benzene rings is 1. The first kappa shape index (κ1) is 14.2. The topological polar surface area (TPSA) is 78.5 Å². The highest BCUT2D eigenvalue weighted by atomic mass is 32.2. The van der Waals surface area contributed by atoms with Gasteiger partial charge in [0.05, 0.1) is 4.90 Å². The molecule has 6 nitrogen and oxygen atoms in total. The van der Waals surface area contributed by atoms with Crippen molar-refractivity contribution in [1.29, 1.82) is 0 Å². The molecule has 0 bridgehead atoms. The van der Waals surface area contributed by atoms with E-state index in [1.807, 2.05) is 0 Å². The van der Waals surface area contributed by atoms with Gasteiger partial charge in [-0.15, -0.1) is 0 Å². The lowest BCUT2D eigenvalue weighted by molar-refractivity contribution is -0.116. The van der Waals surface area contributed by atoms with E-state index in [0.29, 0.717) is 29.7 Å². The lowest BCUT2D eigenvalue weighted by atomic mass is 10.2. The highest BCUT2D eigenvalue weighted by molar-refractivity contribution is 7.89. The van der Waals surface area contributed by atoms with E-state index in [9.17, 15) is 13.2 Å². The van der Waals surface area contributed by atoms with Gasteiger partial charge >= 0.3 is 0 Å². The molecule has 2 N–H and O–H groups in total. The molecular formula is C15H19N3O3S. The second kappa shape index (κ2) is 4.78. The highest BCUT2D eigenvalue weighted by Gasteiger charge is 2.54. The number of nitrogens with one attached hydrogen (secondary N) is 2. The molecule has 2 fully saturated rings. The van der Waals surface area contributed by atoms with Crippen molar-refractivity contribution in [2.24, 2.45) is 11.8 Å². The van der Waals surface area contributed by atoms with E-state index in [1.54, 1.807) is 23.1 Å². The Morgan fingerprint density at radius 1 is 1.32 bits per heavy atom. The molecular weight excluding hydrogens is 302 g/mol. The number of rotatable bonds is 3. The van der Waals surface area contributed by atoms with Crippen molar-refractivity contribution in [1.82, 2.24) is 10.0 Å². The van der Waals surface area contributed by atoms with Gasteiger partial charge in [-0.2, -0.15) is 0 Å². The Bertz CT molecular complexity index is 736. The zero-order chi connectivity index (χ0) is 15.5. The average molecular weight is 321 g/mol. The minimum Gasteiger partial charge on any atom is -0.316 e. The molecule has 1 saturated heterocycles. The van der Waals surface area contributed by atoms with E-state index in [2.05, 4.69) is 10.0 Å². The van der Waals surface area contributed by atoms with E-state index < -0.39 is 10.0 Å². The van der Waals surface area contributed by atoms with Crippen LogP contribution in [0, 0.1) is 11.8 Å². The average Bonchev–Trinajstić information content (AvgIpc) is 2.90. The summed E-state index contributed by atoms with van der Waals surface area (Å²) in [6.45, 7) is 3.95. The molecule has 0 radical (unpaired) electrons. The van der Waals surface area contributed by atoms with E-state index in [4.69, 9.17) is 0 Å². The highest BCUT2D eigenvalue weighted by Crippen LogP contribution is 2.42. The minimum absolute atomic E-state index is 0.00853. The maximum atomic E-state index is 12.5. The number of hydrogen-bond donors (Lipinski definition) is 2. The van der Waals surface area contributed by atoms with Gasteiger partial charge in [0.1, 0.15) is 0 Å². The van der Waals surface area contributed by atoms with Crippen LogP contribution in [0.1, 0.15) is 12.5 Å². The second-order valence-corrected chi connectivity index (χ2v) is 8.06. The van der Waals surface area contributed by atoms with E-state index in [-0.39, 0.29) is 11.9 Å². The fourth-order valence-corrected chi connectivity index (χ4v) is 5.10. The van der Waals surface area contributed by atoms with Crippen molar-refractivity contribution >= 4 is 21.6 Å². The van der Waals surface area contributed by atoms with Crippen LogP contribution < -0.4 is 14.9 Å². The van der Waals surface area contributed by atoms with Crippen molar-refractivity contribution in [3.8, 4) is 0 Å². The van der Waals surface area contributed by atoms with Gasteiger partial charge in [0.25, 0.3) is 0 Å². The van der Waals surface area contributed by atoms with Gasteiger partial charge < -0.3 is 10.2 Å². The van der Waals surface area contributed by atoms with Crippen LogP contribution in [0.15, 0.2) is 23.1 Å². The summed E-state index contributed by atoms with van der Waals surface area (Å²) >= 11 is 0. The molecule has 2 heterocycles. The molecule has 2 aliphatic heterocycles. The molecule has 2 unspecified atom stereocenters. The van der Waals surface area contributed by atoms with Crippen LogP contribution in [0.3, 0.4) is 0 Å². The Labute approximate surface area is 129 Å². The maximum Gasteiger partial charge on any atom is 0.240 e. The molecule has 7 heteroatoms. The third-order valence-corrected chi connectivity index (χ3v) is 6.48. The Morgan fingerprint density at radius 3 is 2.73 bits per heavy atom. The number of hydrogen-bond acceptors (Lipinski definition) is 4. The second-order valence-electron chi connectivity index (χ2n) is 6.34. The Kier molecular flexibility index (Phi) is 3.08. The molecule has 0 spiro atoms. The molecule has 4 rings (SSSR count). The summed E-state index contributed by atoms with van der Waals surface area (Å²) in [5.74, 6) is 0.876. The fourth-order valence-electron chi connectivity index (χ4n) is 3.71. The van der Waals surface area contributed by atoms with Gasteiger partial charge in [0.2, 0.25) is 15.9 Å². The molecule has 0 aromatic heterocycles. The molecule has 22 heavy (non-hydrogen) atoms. The van der Waals surface area contributed by atoms with Gasteiger partial charge in [-0.3, -0.25) is 4.79 Å². The molecule has 2 atom stereocenters. The quantitative estimate of drug-likeness (QED) is 0.827. The van der Waals surface area contributed by atoms with E-state index >= 15 is 0 Å². The Hall–Kier alpha value is -1.44. The lowest BCUT2D eigenvalue weighted by Crippen LogP contribution is -2.32. The number of sulfonamides is 1. The van der Waals surface area contributed by atoms with Crippen LogP contribution in [0.5, 0.6) is 0 Å².